The number of hydrogen-bond donors (Lipinski definition) is 1. The number of anilines is 1. The number of carbonyl (C=O) groups excluding carboxylic acids is 1. The van der Waals surface area contributed by atoms with E-state index in [0.717, 1.165) is 0 Å². The fourth-order valence-electron chi connectivity index (χ4n) is 1.45. The van der Waals surface area contributed by atoms with Crippen LogP contribution in [0.3, 0.4) is 0 Å². The first-order chi connectivity index (χ1) is 9.54. The Balaban J connectivity index is 2.03. The zero-order chi connectivity index (χ0) is 14.5. The van der Waals surface area contributed by atoms with Crippen molar-refractivity contribution in [3.05, 3.63) is 47.6 Å². The minimum Gasteiger partial charge on any atom is -0.456 e. The minimum absolute atomic E-state index is 0.0685. The van der Waals surface area contributed by atoms with E-state index in [1.807, 2.05) is 19.9 Å². The molecule has 0 aliphatic heterocycles. The van der Waals surface area contributed by atoms with E-state index in [1.54, 1.807) is 36.5 Å². The van der Waals surface area contributed by atoms with E-state index in [0.29, 0.717) is 22.3 Å². The molecule has 0 atom stereocenters. The Labute approximate surface area is 122 Å². The molecule has 0 aliphatic carbocycles. The van der Waals surface area contributed by atoms with Crippen LogP contribution in [0.2, 0.25) is 5.02 Å². The van der Waals surface area contributed by atoms with Crippen molar-refractivity contribution in [1.82, 2.24) is 4.98 Å². The maximum Gasteiger partial charge on any atom is 0.228 e. The Morgan fingerprint density at radius 3 is 2.65 bits per heavy atom. The van der Waals surface area contributed by atoms with Crippen LogP contribution >= 0.6 is 11.6 Å². The summed E-state index contributed by atoms with van der Waals surface area (Å²) >= 11 is 5.88. The van der Waals surface area contributed by atoms with Gasteiger partial charge in [0.15, 0.2) is 0 Å². The summed E-state index contributed by atoms with van der Waals surface area (Å²) in [6.07, 6.45) is 1.55. The predicted molar refractivity (Wildman–Crippen MR) is 79.2 cm³/mol. The van der Waals surface area contributed by atoms with Crippen molar-refractivity contribution in [2.24, 2.45) is 5.92 Å². The largest absolute Gasteiger partial charge is 0.456 e. The first kappa shape index (κ1) is 14.3. The van der Waals surface area contributed by atoms with E-state index in [4.69, 9.17) is 16.3 Å². The Morgan fingerprint density at radius 2 is 2.05 bits per heavy atom. The summed E-state index contributed by atoms with van der Waals surface area (Å²) in [4.78, 5) is 15.7. The standard InChI is InChI=1S/C15H15ClN2O2/c1-10(2)15(19)18-14-7-6-13(9-17-14)20-12-5-3-4-11(16)8-12/h3-10H,1-2H3,(H,17,18,19). The molecule has 0 bridgehead atoms. The molecule has 0 unspecified atom stereocenters. The smallest absolute Gasteiger partial charge is 0.228 e. The van der Waals surface area contributed by atoms with Crippen LogP contribution in [0.1, 0.15) is 13.8 Å². The maximum absolute atomic E-state index is 11.5. The lowest BCUT2D eigenvalue weighted by molar-refractivity contribution is -0.118. The van der Waals surface area contributed by atoms with Crippen molar-refractivity contribution in [2.45, 2.75) is 13.8 Å². The average Bonchev–Trinajstić information content (AvgIpc) is 2.41. The zero-order valence-corrected chi connectivity index (χ0v) is 12.0. The van der Waals surface area contributed by atoms with Crippen molar-refractivity contribution in [1.29, 1.82) is 0 Å². The molecular formula is C15H15ClN2O2. The number of pyridine rings is 1. The molecule has 1 heterocycles. The molecule has 0 saturated carbocycles. The molecule has 0 saturated heterocycles. The molecular weight excluding hydrogens is 276 g/mol. The van der Waals surface area contributed by atoms with Crippen LogP contribution in [0.25, 0.3) is 0 Å². The van der Waals surface area contributed by atoms with E-state index < -0.39 is 0 Å². The SMILES string of the molecule is CC(C)C(=O)Nc1ccc(Oc2cccc(Cl)c2)cn1. The highest BCUT2D eigenvalue weighted by Gasteiger charge is 2.07. The van der Waals surface area contributed by atoms with Crippen molar-refractivity contribution in [3.8, 4) is 11.5 Å². The molecule has 0 fully saturated rings. The van der Waals surface area contributed by atoms with Gasteiger partial charge in [0.2, 0.25) is 5.91 Å². The van der Waals surface area contributed by atoms with Crippen LogP contribution in [-0.2, 0) is 4.79 Å². The number of hydrogen-bond acceptors (Lipinski definition) is 3. The van der Waals surface area contributed by atoms with Gasteiger partial charge in [-0.1, -0.05) is 31.5 Å². The van der Waals surface area contributed by atoms with E-state index in [-0.39, 0.29) is 11.8 Å². The van der Waals surface area contributed by atoms with Crippen molar-refractivity contribution in [3.63, 3.8) is 0 Å². The van der Waals surface area contributed by atoms with Gasteiger partial charge in [-0.05, 0) is 30.3 Å². The van der Waals surface area contributed by atoms with E-state index >= 15 is 0 Å². The van der Waals surface area contributed by atoms with Gasteiger partial charge in [0.1, 0.15) is 17.3 Å². The van der Waals surface area contributed by atoms with Crippen LogP contribution < -0.4 is 10.1 Å². The molecule has 1 aromatic heterocycles. The summed E-state index contributed by atoms with van der Waals surface area (Å²) in [6.45, 7) is 3.65. The lowest BCUT2D eigenvalue weighted by Crippen LogP contribution is -2.18. The van der Waals surface area contributed by atoms with E-state index in [1.165, 1.54) is 0 Å². The number of amides is 1. The Bertz CT molecular complexity index is 597. The molecule has 2 aromatic rings. The number of aromatic nitrogens is 1. The third kappa shape index (κ3) is 3.96. The average molecular weight is 291 g/mol. The van der Waals surface area contributed by atoms with Crippen molar-refractivity contribution < 1.29 is 9.53 Å². The number of benzene rings is 1. The molecule has 1 aromatic carbocycles. The van der Waals surface area contributed by atoms with Gasteiger partial charge in [-0.2, -0.15) is 0 Å². The first-order valence-corrected chi connectivity index (χ1v) is 6.63. The van der Waals surface area contributed by atoms with Gasteiger partial charge >= 0.3 is 0 Å². The topological polar surface area (TPSA) is 51.2 Å². The summed E-state index contributed by atoms with van der Waals surface area (Å²) in [7, 11) is 0. The van der Waals surface area contributed by atoms with Gasteiger partial charge in [-0.15, -0.1) is 0 Å². The lowest BCUT2D eigenvalue weighted by atomic mass is 10.2. The molecule has 0 aliphatic rings. The Hall–Kier alpha value is -2.07. The second-order valence-corrected chi connectivity index (χ2v) is 5.02. The summed E-state index contributed by atoms with van der Waals surface area (Å²) < 4.78 is 5.61. The van der Waals surface area contributed by atoms with Crippen LogP contribution in [0, 0.1) is 5.92 Å². The van der Waals surface area contributed by atoms with Crippen molar-refractivity contribution >= 4 is 23.3 Å². The molecule has 0 spiro atoms. The number of rotatable bonds is 4. The Morgan fingerprint density at radius 1 is 1.25 bits per heavy atom. The highest BCUT2D eigenvalue weighted by molar-refractivity contribution is 6.30. The van der Waals surface area contributed by atoms with Gasteiger partial charge < -0.3 is 10.1 Å². The van der Waals surface area contributed by atoms with Gasteiger partial charge in [0, 0.05) is 10.9 Å². The second-order valence-electron chi connectivity index (χ2n) is 4.58. The van der Waals surface area contributed by atoms with Gasteiger partial charge in [-0.25, -0.2) is 4.98 Å². The monoisotopic (exact) mass is 290 g/mol. The van der Waals surface area contributed by atoms with Crippen LogP contribution in [-0.4, -0.2) is 10.9 Å². The van der Waals surface area contributed by atoms with Crippen LogP contribution in [0.5, 0.6) is 11.5 Å². The Kier molecular flexibility index (Phi) is 4.58. The molecule has 20 heavy (non-hydrogen) atoms. The van der Waals surface area contributed by atoms with Gasteiger partial charge in [0.05, 0.1) is 6.20 Å². The predicted octanol–water partition coefficient (Wildman–Crippen LogP) is 4.12. The van der Waals surface area contributed by atoms with Gasteiger partial charge in [-0.3, -0.25) is 4.79 Å². The molecule has 2 rings (SSSR count). The highest BCUT2D eigenvalue weighted by atomic mass is 35.5. The number of ether oxygens (including phenoxy) is 1. The highest BCUT2D eigenvalue weighted by Crippen LogP contribution is 2.24. The quantitative estimate of drug-likeness (QED) is 0.921. The van der Waals surface area contributed by atoms with Gasteiger partial charge in [0.25, 0.3) is 0 Å². The van der Waals surface area contributed by atoms with Crippen LogP contribution in [0.15, 0.2) is 42.6 Å². The normalized spacial score (nSPS) is 10.4. The molecule has 5 heteroatoms. The van der Waals surface area contributed by atoms with Crippen molar-refractivity contribution in [2.75, 3.05) is 5.32 Å². The zero-order valence-electron chi connectivity index (χ0n) is 11.3. The number of carbonyl (C=O) groups is 1. The molecule has 4 nitrogen and oxygen atoms in total. The summed E-state index contributed by atoms with van der Waals surface area (Å²) in [5.41, 5.74) is 0. The molecule has 1 N–H and O–H groups in total. The summed E-state index contributed by atoms with van der Waals surface area (Å²) in [6, 6.07) is 10.5. The summed E-state index contributed by atoms with van der Waals surface area (Å²) in [5, 5.41) is 3.32. The third-order valence-corrected chi connectivity index (χ3v) is 2.78. The minimum atomic E-state index is -0.0841. The fraction of sp³-hybridized carbons (Fsp3) is 0.200. The second kappa shape index (κ2) is 6.39. The third-order valence-electron chi connectivity index (χ3n) is 2.54. The first-order valence-electron chi connectivity index (χ1n) is 6.25. The summed E-state index contributed by atoms with van der Waals surface area (Å²) in [5.74, 6) is 1.57. The fourth-order valence-corrected chi connectivity index (χ4v) is 1.63. The number of nitrogens with one attached hydrogen (secondary N) is 1. The van der Waals surface area contributed by atoms with Crippen LogP contribution in [0.4, 0.5) is 5.82 Å². The number of nitrogens with zero attached hydrogens (tertiary/aromatic N) is 1. The molecule has 104 valence electrons. The number of halogens is 1. The lowest BCUT2D eigenvalue weighted by Gasteiger charge is -2.08. The van der Waals surface area contributed by atoms with E-state index in [9.17, 15) is 4.79 Å². The van der Waals surface area contributed by atoms with E-state index in [2.05, 4.69) is 10.3 Å². The maximum atomic E-state index is 11.5. The molecule has 0 radical (unpaired) electrons. The molecule has 1 amide bonds.